The molecule has 8 heteroatoms. The van der Waals surface area contributed by atoms with Crippen LogP contribution in [0.25, 0.3) is 0 Å². The van der Waals surface area contributed by atoms with Crippen LogP contribution in [0.5, 0.6) is 0 Å². The Hall–Kier alpha value is -0.250. The van der Waals surface area contributed by atoms with Crippen LogP contribution in [0.15, 0.2) is 0 Å². The quantitative estimate of drug-likeness (QED) is 0.177. The van der Waals surface area contributed by atoms with Crippen molar-refractivity contribution in [3.8, 4) is 0 Å². The number of unbranched alkanes of at least 4 members (excludes halogenated alkanes) is 12. The lowest BCUT2D eigenvalue weighted by atomic mass is 10.1. The predicted molar refractivity (Wildman–Crippen MR) is 111 cm³/mol. The molecule has 0 aliphatic carbocycles. The molecule has 0 aliphatic heterocycles. The molecule has 164 valence electrons. The van der Waals surface area contributed by atoms with E-state index in [2.05, 4.69) is 13.8 Å². The van der Waals surface area contributed by atoms with Crippen LogP contribution >= 0.6 is 0 Å². The first-order valence-corrected chi connectivity index (χ1v) is 11.1. The Morgan fingerprint density at radius 3 is 1.08 bits per heavy atom. The summed E-state index contributed by atoms with van der Waals surface area (Å²) < 4.78 is 37.3. The van der Waals surface area contributed by atoms with E-state index in [1.807, 2.05) is 0 Å². The summed E-state index contributed by atoms with van der Waals surface area (Å²) in [6.45, 7) is 6.53. The molecule has 0 aromatic rings. The van der Waals surface area contributed by atoms with Gasteiger partial charge in [-0.1, -0.05) is 90.9 Å². The van der Waals surface area contributed by atoms with Crippen molar-refractivity contribution in [2.45, 2.75) is 104 Å². The normalized spacial score (nSPS) is 10.3. The SMILES string of the molecule is CCCCCCCCCOCCCCCCCCC.N.N.O=S(=O)(O)O. The van der Waals surface area contributed by atoms with Gasteiger partial charge in [-0.05, 0) is 12.8 Å². The van der Waals surface area contributed by atoms with Gasteiger partial charge in [-0.2, -0.15) is 8.42 Å². The predicted octanol–water partition coefficient (Wildman–Crippen LogP) is 6.18. The first-order valence-electron chi connectivity index (χ1n) is 9.69. The van der Waals surface area contributed by atoms with E-state index in [0.717, 1.165) is 13.2 Å². The molecule has 0 amide bonds. The highest BCUT2D eigenvalue weighted by atomic mass is 32.3. The van der Waals surface area contributed by atoms with Gasteiger partial charge in [0, 0.05) is 13.2 Å². The molecule has 26 heavy (non-hydrogen) atoms. The molecule has 0 atom stereocenters. The van der Waals surface area contributed by atoms with Crippen molar-refractivity contribution in [2.75, 3.05) is 13.2 Å². The van der Waals surface area contributed by atoms with E-state index < -0.39 is 10.4 Å². The molecule has 0 unspecified atom stereocenters. The van der Waals surface area contributed by atoms with Gasteiger partial charge in [0.05, 0.1) is 0 Å². The third-order valence-electron chi connectivity index (χ3n) is 3.78. The Kier molecular flexibility index (Phi) is 34.6. The average molecular weight is 403 g/mol. The zero-order chi connectivity index (χ0) is 18.5. The number of hydrogen-bond donors (Lipinski definition) is 4. The molecule has 0 bridgehead atoms. The molecule has 0 aromatic heterocycles. The summed E-state index contributed by atoms with van der Waals surface area (Å²) in [6.07, 6.45) is 19.3. The molecule has 0 fully saturated rings. The zero-order valence-corrected chi connectivity index (χ0v) is 18.1. The molecular formula is C18H46N2O5S. The Labute approximate surface area is 162 Å². The van der Waals surface area contributed by atoms with E-state index in [4.69, 9.17) is 22.3 Å². The second kappa shape index (κ2) is 27.0. The van der Waals surface area contributed by atoms with Gasteiger partial charge >= 0.3 is 10.4 Å². The van der Waals surface area contributed by atoms with E-state index in [9.17, 15) is 0 Å². The first kappa shape index (κ1) is 33.3. The minimum atomic E-state index is -4.67. The van der Waals surface area contributed by atoms with Crippen molar-refractivity contribution >= 4 is 10.4 Å². The van der Waals surface area contributed by atoms with Gasteiger partial charge in [0.1, 0.15) is 0 Å². The summed E-state index contributed by atoms with van der Waals surface area (Å²) in [4.78, 5) is 0. The molecule has 0 spiro atoms. The fraction of sp³-hybridized carbons (Fsp3) is 1.00. The Morgan fingerprint density at radius 2 is 0.808 bits per heavy atom. The van der Waals surface area contributed by atoms with Gasteiger partial charge in [-0.15, -0.1) is 0 Å². The summed E-state index contributed by atoms with van der Waals surface area (Å²) >= 11 is 0. The fourth-order valence-electron chi connectivity index (χ4n) is 2.42. The lowest BCUT2D eigenvalue weighted by Crippen LogP contribution is -1.97. The molecule has 0 saturated carbocycles. The van der Waals surface area contributed by atoms with Crippen molar-refractivity contribution in [1.82, 2.24) is 12.3 Å². The molecule has 0 saturated heterocycles. The lowest BCUT2D eigenvalue weighted by Gasteiger charge is -2.04. The van der Waals surface area contributed by atoms with Crippen LogP contribution in [0, 0.1) is 0 Å². The molecule has 0 radical (unpaired) electrons. The number of ether oxygens (including phenoxy) is 1. The van der Waals surface area contributed by atoms with Crippen LogP contribution in [0.3, 0.4) is 0 Å². The highest BCUT2D eigenvalue weighted by Gasteiger charge is 1.93. The maximum atomic E-state index is 8.74. The Bertz CT molecular complexity index is 304. The van der Waals surface area contributed by atoms with Crippen molar-refractivity contribution in [1.29, 1.82) is 0 Å². The number of rotatable bonds is 16. The highest BCUT2D eigenvalue weighted by molar-refractivity contribution is 7.79. The Balaban J connectivity index is -0.000000304. The largest absolute Gasteiger partial charge is 0.394 e. The number of hydrogen-bond acceptors (Lipinski definition) is 5. The second-order valence-corrected chi connectivity index (χ2v) is 7.20. The van der Waals surface area contributed by atoms with E-state index in [1.165, 1.54) is 89.9 Å². The smallest absolute Gasteiger partial charge is 0.381 e. The molecule has 0 rings (SSSR count). The minimum absolute atomic E-state index is 0. The fourth-order valence-corrected chi connectivity index (χ4v) is 2.42. The highest BCUT2D eigenvalue weighted by Crippen LogP contribution is 2.08. The van der Waals surface area contributed by atoms with Crippen LogP contribution in [-0.4, -0.2) is 30.7 Å². The Morgan fingerprint density at radius 1 is 0.577 bits per heavy atom. The molecule has 7 nitrogen and oxygen atoms in total. The van der Waals surface area contributed by atoms with Crippen molar-refractivity contribution in [2.24, 2.45) is 0 Å². The standard InChI is InChI=1S/C18H38O.2H3N.H2O4S/c1-3-5-7-9-11-13-15-17-19-18-16-14-12-10-8-6-4-2;;;1-5(2,3)4/h3-18H2,1-2H3;2*1H3;(H2,1,2,3,4). The third kappa shape index (κ3) is 49.6. The molecule has 0 heterocycles. The zero-order valence-electron chi connectivity index (χ0n) is 17.3. The van der Waals surface area contributed by atoms with E-state index in [0.29, 0.717) is 0 Å². The molecular weight excluding hydrogens is 356 g/mol. The van der Waals surface area contributed by atoms with E-state index >= 15 is 0 Å². The monoisotopic (exact) mass is 402 g/mol. The van der Waals surface area contributed by atoms with Crippen LogP contribution in [-0.2, 0) is 15.1 Å². The second-order valence-electron chi connectivity index (χ2n) is 6.30. The minimum Gasteiger partial charge on any atom is -0.381 e. The van der Waals surface area contributed by atoms with Gasteiger partial charge in [0.15, 0.2) is 0 Å². The van der Waals surface area contributed by atoms with Crippen LogP contribution in [0.1, 0.15) is 104 Å². The van der Waals surface area contributed by atoms with Crippen molar-refractivity contribution in [3.05, 3.63) is 0 Å². The summed E-state index contributed by atoms with van der Waals surface area (Å²) in [5, 5.41) is 0. The molecule has 0 aliphatic rings. The summed E-state index contributed by atoms with van der Waals surface area (Å²) in [6, 6.07) is 0. The molecule has 8 N–H and O–H groups in total. The van der Waals surface area contributed by atoms with Gasteiger partial charge in [0.2, 0.25) is 0 Å². The lowest BCUT2D eigenvalue weighted by molar-refractivity contribution is 0.125. The van der Waals surface area contributed by atoms with Crippen LogP contribution in [0.4, 0.5) is 0 Å². The van der Waals surface area contributed by atoms with Gasteiger partial charge < -0.3 is 17.0 Å². The van der Waals surface area contributed by atoms with Crippen LogP contribution in [0.2, 0.25) is 0 Å². The van der Waals surface area contributed by atoms with Gasteiger partial charge in [0.25, 0.3) is 0 Å². The molecule has 0 aromatic carbocycles. The van der Waals surface area contributed by atoms with E-state index in [1.54, 1.807) is 0 Å². The van der Waals surface area contributed by atoms with Gasteiger partial charge in [-0.3, -0.25) is 9.11 Å². The van der Waals surface area contributed by atoms with Crippen molar-refractivity contribution < 1.29 is 22.3 Å². The van der Waals surface area contributed by atoms with Crippen LogP contribution < -0.4 is 12.3 Å². The van der Waals surface area contributed by atoms with Gasteiger partial charge in [-0.25, -0.2) is 0 Å². The first-order chi connectivity index (χ1) is 11.4. The van der Waals surface area contributed by atoms with E-state index in [-0.39, 0.29) is 12.3 Å². The summed E-state index contributed by atoms with van der Waals surface area (Å²) in [5.74, 6) is 0. The topological polar surface area (TPSA) is 154 Å². The van der Waals surface area contributed by atoms with Crippen molar-refractivity contribution in [3.63, 3.8) is 0 Å². The third-order valence-corrected chi connectivity index (χ3v) is 3.78. The summed E-state index contributed by atoms with van der Waals surface area (Å²) in [5.41, 5.74) is 0. The average Bonchev–Trinajstić information content (AvgIpc) is 2.49. The maximum absolute atomic E-state index is 8.74. The maximum Gasteiger partial charge on any atom is 0.394 e. The summed E-state index contributed by atoms with van der Waals surface area (Å²) in [7, 11) is -4.67.